The van der Waals surface area contributed by atoms with Gasteiger partial charge in [0.2, 0.25) is 0 Å². The monoisotopic (exact) mass is 1450 g/mol. The molecule has 0 aromatic rings. The zero-order valence-corrected chi connectivity index (χ0v) is 66.9. The average Bonchev–Trinajstić information content (AvgIpc) is 0.965. The van der Waals surface area contributed by atoms with Gasteiger partial charge in [-0.3, -0.25) is 37.3 Å². The Balaban J connectivity index is 5.25. The Kier molecular flexibility index (Phi) is 67.8. The molecule has 99 heavy (non-hydrogen) atoms. The summed E-state index contributed by atoms with van der Waals surface area (Å²) < 4.78 is 68.7. The number of phosphoric acid groups is 2. The maximum Gasteiger partial charge on any atom is 0.472 e. The van der Waals surface area contributed by atoms with Crippen LogP contribution < -0.4 is 0 Å². The molecule has 3 unspecified atom stereocenters. The van der Waals surface area contributed by atoms with Crippen molar-refractivity contribution in [2.75, 3.05) is 39.6 Å². The minimum Gasteiger partial charge on any atom is -0.462 e. The average molecular weight is 1450 g/mol. The Morgan fingerprint density at radius 2 is 0.424 bits per heavy atom. The van der Waals surface area contributed by atoms with E-state index >= 15 is 0 Å². The summed E-state index contributed by atoms with van der Waals surface area (Å²) in [4.78, 5) is 73.0. The summed E-state index contributed by atoms with van der Waals surface area (Å²) in [6.07, 6.45) is 55.5. The highest BCUT2D eigenvalue weighted by molar-refractivity contribution is 7.47. The second-order valence-electron chi connectivity index (χ2n) is 30.7. The first kappa shape index (κ1) is 97.1. The van der Waals surface area contributed by atoms with E-state index in [4.69, 9.17) is 37.0 Å². The highest BCUT2D eigenvalue weighted by Crippen LogP contribution is 2.45. The van der Waals surface area contributed by atoms with E-state index in [2.05, 4.69) is 55.4 Å². The highest BCUT2D eigenvalue weighted by atomic mass is 31.2. The largest absolute Gasteiger partial charge is 0.472 e. The SMILES string of the molecule is CC(C)CCCCCCCCCCCCCCCCC(=O)O[C@H](COC(=O)CCCCCCCCCC(C)C)COP(=O)(O)OCC(O)COP(=O)(O)OC[C@@H](COC(=O)CCCCCCCCCCCCCCCC(C)C)OC(=O)CCCCCCCCCCCCCCCC(C)C. The summed E-state index contributed by atoms with van der Waals surface area (Å²) in [5.74, 6) is 0.963. The van der Waals surface area contributed by atoms with Crippen molar-refractivity contribution in [1.82, 2.24) is 0 Å². The molecule has 0 heterocycles. The molecule has 0 spiro atoms. The van der Waals surface area contributed by atoms with Gasteiger partial charge in [-0.05, 0) is 49.4 Å². The Labute approximate surface area is 607 Å². The zero-order valence-electron chi connectivity index (χ0n) is 65.1. The standard InChI is InChI=1S/C80H156O17P2/c1-70(2)56-48-40-32-25-19-13-9-10-16-23-29-37-46-54-62-80(85)97-76(67-91-78(83)61-53-45-39-31-35-43-51-59-73(7)8)69-95-99(88,89)93-65-74(81)64-92-98(86,87)94-68-75(96-79(84)63-55-47-38-30-24-18-12-15-21-27-34-42-50-58-72(5)6)66-90-77(82)60-52-44-36-28-22-17-11-14-20-26-33-41-49-57-71(3)4/h70-76,81H,9-69H2,1-8H3,(H,86,87)(H,88,89)/t74?,75-,76-/m1/s1. The van der Waals surface area contributed by atoms with Gasteiger partial charge >= 0.3 is 39.5 Å². The smallest absolute Gasteiger partial charge is 0.462 e. The number of phosphoric ester groups is 2. The summed E-state index contributed by atoms with van der Waals surface area (Å²) in [5, 5.41) is 10.6. The van der Waals surface area contributed by atoms with E-state index in [1.54, 1.807) is 0 Å². The number of rotatable bonds is 77. The van der Waals surface area contributed by atoms with E-state index in [-0.39, 0.29) is 25.7 Å². The van der Waals surface area contributed by atoms with Crippen LogP contribution in [0.1, 0.15) is 409 Å². The molecule has 0 saturated heterocycles. The molecule has 0 amide bonds. The van der Waals surface area contributed by atoms with E-state index in [1.807, 2.05) is 0 Å². The minimum atomic E-state index is -4.96. The van der Waals surface area contributed by atoms with Gasteiger partial charge in [0.1, 0.15) is 19.3 Å². The van der Waals surface area contributed by atoms with Crippen LogP contribution in [0.3, 0.4) is 0 Å². The van der Waals surface area contributed by atoms with Gasteiger partial charge in [0.15, 0.2) is 12.2 Å². The maximum atomic E-state index is 13.1. The van der Waals surface area contributed by atoms with E-state index in [0.717, 1.165) is 114 Å². The fourth-order valence-corrected chi connectivity index (χ4v) is 13.8. The number of aliphatic hydroxyl groups is 1. The quantitative estimate of drug-likeness (QED) is 0.0222. The molecule has 588 valence electrons. The molecular weight excluding hydrogens is 1290 g/mol. The Hall–Kier alpha value is -1.94. The van der Waals surface area contributed by atoms with Crippen LogP contribution in [-0.4, -0.2) is 96.7 Å². The molecular formula is C80H156O17P2. The molecule has 0 radical (unpaired) electrons. The predicted molar refractivity (Wildman–Crippen MR) is 404 cm³/mol. The van der Waals surface area contributed by atoms with Gasteiger partial charge in [0.25, 0.3) is 0 Å². The molecule has 3 N–H and O–H groups in total. The summed E-state index contributed by atoms with van der Waals surface area (Å²) >= 11 is 0. The number of carbonyl (C=O) groups is 4. The fourth-order valence-electron chi connectivity index (χ4n) is 12.3. The van der Waals surface area contributed by atoms with Crippen molar-refractivity contribution in [1.29, 1.82) is 0 Å². The van der Waals surface area contributed by atoms with Gasteiger partial charge in [0.05, 0.1) is 26.4 Å². The van der Waals surface area contributed by atoms with Crippen LogP contribution in [0.2, 0.25) is 0 Å². The number of ether oxygens (including phenoxy) is 4. The van der Waals surface area contributed by atoms with Crippen molar-refractivity contribution in [3.63, 3.8) is 0 Å². The highest BCUT2D eigenvalue weighted by Gasteiger charge is 2.30. The zero-order chi connectivity index (χ0) is 73.1. The van der Waals surface area contributed by atoms with Crippen molar-refractivity contribution in [3.05, 3.63) is 0 Å². The molecule has 17 nitrogen and oxygen atoms in total. The Morgan fingerprint density at radius 3 is 0.626 bits per heavy atom. The van der Waals surface area contributed by atoms with Crippen LogP contribution in [0, 0.1) is 23.7 Å². The summed E-state index contributed by atoms with van der Waals surface area (Å²) in [6.45, 7) is 14.2. The van der Waals surface area contributed by atoms with Crippen molar-refractivity contribution in [3.8, 4) is 0 Å². The van der Waals surface area contributed by atoms with E-state index in [9.17, 15) is 43.2 Å². The van der Waals surface area contributed by atoms with Crippen LogP contribution in [0.4, 0.5) is 0 Å². The van der Waals surface area contributed by atoms with Crippen molar-refractivity contribution >= 4 is 39.5 Å². The normalized spacial score (nSPS) is 14.1. The molecule has 0 aromatic heterocycles. The molecule has 0 saturated carbocycles. The van der Waals surface area contributed by atoms with Crippen LogP contribution in [-0.2, 0) is 65.4 Å². The number of unbranched alkanes of at least 4 members (excludes halogenated alkanes) is 43. The van der Waals surface area contributed by atoms with E-state index in [1.165, 1.54) is 205 Å². The van der Waals surface area contributed by atoms with Gasteiger partial charge < -0.3 is 33.8 Å². The molecule has 0 aromatic carbocycles. The molecule has 0 fully saturated rings. The number of hydrogen-bond donors (Lipinski definition) is 3. The molecule has 0 aliphatic heterocycles. The van der Waals surface area contributed by atoms with E-state index in [0.29, 0.717) is 31.6 Å². The lowest BCUT2D eigenvalue weighted by Crippen LogP contribution is -2.30. The summed E-state index contributed by atoms with van der Waals surface area (Å²) in [7, 11) is -9.92. The lowest BCUT2D eigenvalue weighted by molar-refractivity contribution is -0.161. The molecule has 0 aliphatic carbocycles. The number of hydrogen-bond acceptors (Lipinski definition) is 15. The maximum absolute atomic E-state index is 13.1. The van der Waals surface area contributed by atoms with Gasteiger partial charge in [0, 0.05) is 25.7 Å². The van der Waals surface area contributed by atoms with Gasteiger partial charge in [-0.2, -0.15) is 0 Å². The second-order valence-corrected chi connectivity index (χ2v) is 33.6. The molecule has 5 atom stereocenters. The number of esters is 4. The van der Waals surface area contributed by atoms with Crippen molar-refractivity contribution in [2.24, 2.45) is 23.7 Å². The van der Waals surface area contributed by atoms with Crippen molar-refractivity contribution < 1.29 is 80.2 Å². The molecule has 0 bridgehead atoms. The number of aliphatic hydroxyl groups excluding tert-OH is 1. The first-order chi connectivity index (χ1) is 47.6. The van der Waals surface area contributed by atoms with Gasteiger partial charge in [-0.1, -0.05) is 357 Å². The first-order valence-corrected chi connectivity index (χ1v) is 44.2. The van der Waals surface area contributed by atoms with Crippen LogP contribution in [0.25, 0.3) is 0 Å². The van der Waals surface area contributed by atoms with Gasteiger partial charge in [-0.15, -0.1) is 0 Å². The van der Waals surface area contributed by atoms with Crippen LogP contribution in [0.15, 0.2) is 0 Å². The topological polar surface area (TPSA) is 237 Å². The summed E-state index contributed by atoms with van der Waals surface area (Å²) in [5.41, 5.74) is 0. The molecule has 0 aliphatic rings. The third kappa shape index (κ3) is 74.1. The predicted octanol–water partition coefficient (Wildman–Crippen LogP) is 23.6. The summed E-state index contributed by atoms with van der Waals surface area (Å²) in [6, 6.07) is 0. The minimum absolute atomic E-state index is 0.106. The van der Waals surface area contributed by atoms with E-state index < -0.39 is 97.5 Å². The third-order valence-electron chi connectivity index (χ3n) is 18.6. The Bertz CT molecular complexity index is 1940. The lowest BCUT2D eigenvalue weighted by Gasteiger charge is -2.21. The molecule has 19 heteroatoms. The first-order valence-electron chi connectivity index (χ1n) is 41.2. The van der Waals surface area contributed by atoms with Crippen LogP contribution in [0.5, 0.6) is 0 Å². The second kappa shape index (κ2) is 69.1. The Morgan fingerprint density at radius 1 is 0.253 bits per heavy atom. The van der Waals surface area contributed by atoms with Crippen molar-refractivity contribution in [2.45, 2.75) is 427 Å². The molecule has 0 rings (SSSR count). The number of carbonyl (C=O) groups excluding carboxylic acids is 4. The third-order valence-corrected chi connectivity index (χ3v) is 20.5. The van der Waals surface area contributed by atoms with Crippen LogP contribution >= 0.6 is 15.6 Å². The fraction of sp³-hybridized carbons (Fsp3) is 0.950. The lowest BCUT2D eigenvalue weighted by atomic mass is 10.0. The van der Waals surface area contributed by atoms with Gasteiger partial charge in [-0.25, -0.2) is 9.13 Å².